The lowest BCUT2D eigenvalue weighted by Gasteiger charge is -2.26. The molecule has 0 unspecified atom stereocenters. The number of nitrogens with zero attached hydrogens (tertiary/aromatic N) is 4. The predicted molar refractivity (Wildman–Crippen MR) is 225 cm³/mol. The van der Waals surface area contributed by atoms with E-state index in [-0.39, 0.29) is 0 Å². The zero-order chi connectivity index (χ0) is 35.8. The van der Waals surface area contributed by atoms with Gasteiger partial charge in [-0.25, -0.2) is 9.97 Å². The van der Waals surface area contributed by atoms with Crippen molar-refractivity contribution in [3.05, 3.63) is 206 Å². The Morgan fingerprint density at radius 1 is 0.333 bits per heavy atom. The summed E-state index contributed by atoms with van der Waals surface area (Å²) in [6.45, 7) is 0. The van der Waals surface area contributed by atoms with Crippen molar-refractivity contribution in [2.45, 2.75) is 0 Å². The number of hydrogen-bond donors (Lipinski definition) is 0. The van der Waals surface area contributed by atoms with Gasteiger partial charge in [0.2, 0.25) is 0 Å². The van der Waals surface area contributed by atoms with Gasteiger partial charge in [0.1, 0.15) is 0 Å². The van der Waals surface area contributed by atoms with Gasteiger partial charge in [-0.05, 0) is 83.9 Å². The minimum Gasteiger partial charge on any atom is -0.310 e. The molecule has 8 aromatic carbocycles. The minimum atomic E-state index is 0.856. The van der Waals surface area contributed by atoms with Crippen LogP contribution in [-0.4, -0.2) is 14.5 Å². The van der Waals surface area contributed by atoms with Crippen molar-refractivity contribution in [3.63, 3.8) is 0 Å². The number of para-hydroxylation sites is 5. The summed E-state index contributed by atoms with van der Waals surface area (Å²) in [6, 6.07) is 72.6. The van der Waals surface area contributed by atoms with Crippen LogP contribution in [-0.2, 0) is 0 Å². The molecule has 254 valence electrons. The summed E-state index contributed by atoms with van der Waals surface area (Å²) < 4.78 is 2.35. The van der Waals surface area contributed by atoms with E-state index in [1.165, 1.54) is 32.9 Å². The summed E-state index contributed by atoms with van der Waals surface area (Å²) in [5, 5.41) is 2.43. The molecule has 0 spiro atoms. The van der Waals surface area contributed by atoms with E-state index >= 15 is 0 Å². The van der Waals surface area contributed by atoms with E-state index in [1.807, 2.05) is 30.3 Å². The Bertz CT molecular complexity index is 2900. The van der Waals surface area contributed by atoms with Gasteiger partial charge in [0.15, 0.2) is 0 Å². The largest absolute Gasteiger partial charge is 0.310 e. The van der Waals surface area contributed by atoms with Crippen LogP contribution >= 0.6 is 0 Å². The predicted octanol–water partition coefficient (Wildman–Crippen LogP) is 13.2. The summed E-state index contributed by atoms with van der Waals surface area (Å²) in [4.78, 5) is 12.7. The molecule has 0 aliphatic carbocycles. The maximum Gasteiger partial charge on any atom is 0.0973 e. The van der Waals surface area contributed by atoms with Crippen molar-refractivity contribution < 1.29 is 0 Å². The van der Waals surface area contributed by atoms with E-state index in [9.17, 15) is 0 Å². The van der Waals surface area contributed by atoms with E-state index in [1.54, 1.807) is 0 Å². The maximum absolute atomic E-state index is 5.21. The third-order valence-electron chi connectivity index (χ3n) is 10.2. The molecule has 0 fully saturated rings. The summed E-state index contributed by atoms with van der Waals surface area (Å²) in [7, 11) is 0. The summed E-state index contributed by atoms with van der Waals surface area (Å²) in [5.74, 6) is 0. The molecule has 0 saturated heterocycles. The average Bonchev–Trinajstić information content (AvgIpc) is 3.58. The van der Waals surface area contributed by atoms with E-state index in [2.05, 4.69) is 185 Å². The van der Waals surface area contributed by atoms with Gasteiger partial charge < -0.3 is 9.47 Å². The SMILES string of the molecule is c1ccc(-c2ccc(-c3nc4ccccc4nc3-c3ccc(N(c4ccccc4)c4ccc5c(c4)c4ccccc4n5-c4ccccc4)cc3)cc2)cc1. The van der Waals surface area contributed by atoms with Crippen LogP contribution in [0.4, 0.5) is 17.1 Å². The van der Waals surface area contributed by atoms with Gasteiger partial charge in [-0.3, -0.25) is 0 Å². The third-order valence-corrected chi connectivity index (χ3v) is 10.2. The van der Waals surface area contributed by atoms with E-state index in [0.29, 0.717) is 0 Å². The molecule has 0 aliphatic heterocycles. The Balaban J connectivity index is 1.08. The number of fused-ring (bicyclic) bond motifs is 4. The molecular formula is C50H34N4. The van der Waals surface area contributed by atoms with E-state index in [0.717, 1.165) is 56.3 Å². The van der Waals surface area contributed by atoms with E-state index < -0.39 is 0 Å². The van der Waals surface area contributed by atoms with Crippen LogP contribution in [0.1, 0.15) is 0 Å². The molecule has 0 aliphatic rings. The molecule has 2 heterocycles. The fourth-order valence-electron chi connectivity index (χ4n) is 7.60. The Kier molecular flexibility index (Phi) is 7.77. The van der Waals surface area contributed by atoms with Gasteiger partial charge >= 0.3 is 0 Å². The highest BCUT2D eigenvalue weighted by molar-refractivity contribution is 6.10. The first kappa shape index (κ1) is 31.4. The van der Waals surface area contributed by atoms with Gasteiger partial charge in [-0.1, -0.05) is 133 Å². The van der Waals surface area contributed by atoms with Gasteiger partial charge in [0.05, 0.1) is 33.5 Å². The number of hydrogen-bond acceptors (Lipinski definition) is 3. The van der Waals surface area contributed by atoms with Crippen molar-refractivity contribution in [3.8, 4) is 39.3 Å². The van der Waals surface area contributed by atoms with Crippen molar-refractivity contribution in [1.82, 2.24) is 14.5 Å². The molecule has 0 bridgehead atoms. The third kappa shape index (κ3) is 5.58. The standard InChI is InChI=1S/C50H34N4/c1-4-14-35(15-5-1)36-24-26-37(27-25-36)49-50(52-46-22-12-11-21-45(46)51-49)38-28-30-41(31-29-38)53(39-16-6-2-7-17-39)42-32-33-48-44(34-42)43-20-10-13-23-47(43)54(48)40-18-8-3-9-19-40/h1-34H. The van der Waals surface area contributed by atoms with E-state index in [4.69, 9.17) is 9.97 Å². The molecule has 0 radical (unpaired) electrons. The molecule has 10 rings (SSSR count). The molecule has 0 saturated carbocycles. The average molecular weight is 691 g/mol. The van der Waals surface area contributed by atoms with Crippen LogP contribution in [0.15, 0.2) is 206 Å². The molecular weight excluding hydrogens is 657 g/mol. The van der Waals surface area contributed by atoms with Crippen molar-refractivity contribution in [2.75, 3.05) is 4.90 Å². The highest BCUT2D eigenvalue weighted by Gasteiger charge is 2.19. The molecule has 0 N–H and O–H groups in total. The highest BCUT2D eigenvalue weighted by atomic mass is 15.1. The molecule has 0 atom stereocenters. The van der Waals surface area contributed by atoms with Gasteiger partial charge in [0, 0.05) is 44.6 Å². The Morgan fingerprint density at radius 2 is 0.796 bits per heavy atom. The Morgan fingerprint density at radius 3 is 1.46 bits per heavy atom. The number of aromatic nitrogens is 3. The Hall–Kier alpha value is -7.30. The number of anilines is 3. The normalized spacial score (nSPS) is 11.3. The van der Waals surface area contributed by atoms with Crippen LogP contribution in [0.2, 0.25) is 0 Å². The van der Waals surface area contributed by atoms with Crippen LogP contribution in [0.25, 0.3) is 72.2 Å². The van der Waals surface area contributed by atoms with Crippen LogP contribution in [0, 0.1) is 0 Å². The second-order valence-electron chi connectivity index (χ2n) is 13.5. The zero-order valence-electron chi connectivity index (χ0n) is 29.4. The molecule has 4 nitrogen and oxygen atoms in total. The Labute approximate surface area is 313 Å². The lowest BCUT2D eigenvalue weighted by atomic mass is 9.99. The lowest BCUT2D eigenvalue weighted by Crippen LogP contribution is -2.09. The monoisotopic (exact) mass is 690 g/mol. The molecule has 10 aromatic rings. The van der Waals surface area contributed by atoms with Gasteiger partial charge in [-0.2, -0.15) is 0 Å². The number of benzene rings is 8. The fraction of sp³-hybridized carbons (Fsp3) is 0. The van der Waals surface area contributed by atoms with Gasteiger partial charge in [-0.15, -0.1) is 0 Å². The second-order valence-corrected chi connectivity index (χ2v) is 13.5. The van der Waals surface area contributed by atoms with Crippen LogP contribution < -0.4 is 4.90 Å². The zero-order valence-corrected chi connectivity index (χ0v) is 29.4. The summed E-state index contributed by atoms with van der Waals surface area (Å²) >= 11 is 0. The first-order chi connectivity index (χ1) is 26.8. The van der Waals surface area contributed by atoms with Crippen molar-refractivity contribution in [2.24, 2.45) is 0 Å². The lowest BCUT2D eigenvalue weighted by molar-refractivity contribution is 1.18. The van der Waals surface area contributed by atoms with Crippen LogP contribution in [0.3, 0.4) is 0 Å². The first-order valence-corrected chi connectivity index (χ1v) is 18.3. The van der Waals surface area contributed by atoms with Crippen molar-refractivity contribution in [1.29, 1.82) is 0 Å². The highest BCUT2D eigenvalue weighted by Crippen LogP contribution is 2.41. The molecule has 0 amide bonds. The topological polar surface area (TPSA) is 34.0 Å². The van der Waals surface area contributed by atoms with Crippen molar-refractivity contribution >= 4 is 49.9 Å². The van der Waals surface area contributed by atoms with Gasteiger partial charge in [0.25, 0.3) is 0 Å². The van der Waals surface area contributed by atoms with Crippen LogP contribution in [0.5, 0.6) is 0 Å². The molecule has 4 heteroatoms. The fourth-order valence-corrected chi connectivity index (χ4v) is 7.60. The summed E-state index contributed by atoms with van der Waals surface area (Å²) in [6.07, 6.45) is 0. The minimum absolute atomic E-state index is 0.856. The first-order valence-electron chi connectivity index (χ1n) is 18.3. The second kappa shape index (κ2) is 13.4. The summed E-state index contributed by atoms with van der Waals surface area (Å²) in [5.41, 5.74) is 14.6. The maximum atomic E-state index is 5.21. The molecule has 54 heavy (non-hydrogen) atoms. The quantitative estimate of drug-likeness (QED) is 0.167. The number of rotatable bonds is 7. The smallest absolute Gasteiger partial charge is 0.0973 e. The molecule has 2 aromatic heterocycles.